The first kappa shape index (κ1) is 30.0. The van der Waals surface area contributed by atoms with Gasteiger partial charge in [-0.15, -0.1) is 11.6 Å². The predicted octanol–water partition coefficient (Wildman–Crippen LogP) is 7.13. The largest absolute Gasteiger partial charge is 0.416 e. The number of carbonyl (C=O) groups is 2. The summed E-state index contributed by atoms with van der Waals surface area (Å²) in [6.45, 7) is 6.43. The first-order valence-electron chi connectivity index (χ1n) is 13.2. The third kappa shape index (κ3) is 8.73. The minimum atomic E-state index is -4.49. The van der Waals surface area contributed by atoms with E-state index in [1.54, 1.807) is 4.90 Å². The van der Waals surface area contributed by atoms with Crippen molar-refractivity contribution in [1.29, 1.82) is 0 Å². The van der Waals surface area contributed by atoms with Gasteiger partial charge in [0.05, 0.1) is 11.4 Å². The van der Waals surface area contributed by atoms with E-state index in [-0.39, 0.29) is 23.4 Å². The number of urea groups is 1. The minimum Gasteiger partial charge on any atom is -0.317 e. The number of amides is 2. The summed E-state index contributed by atoms with van der Waals surface area (Å²) >= 11 is 5.62. The molecule has 2 aromatic carbocycles. The molecule has 1 fully saturated rings. The van der Waals surface area contributed by atoms with Crippen molar-refractivity contribution in [3.05, 3.63) is 65.2 Å². The molecule has 1 atom stereocenters. The quantitative estimate of drug-likeness (QED) is 0.302. The Morgan fingerprint density at radius 3 is 2.45 bits per heavy atom. The van der Waals surface area contributed by atoms with Gasteiger partial charge in [-0.05, 0) is 61.9 Å². The maximum Gasteiger partial charge on any atom is 0.416 e. The van der Waals surface area contributed by atoms with Crippen molar-refractivity contribution in [1.82, 2.24) is 9.80 Å². The highest BCUT2D eigenvalue weighted by molar-refractivity contribution is 6.27. The number of Topliss-reactive ketones (excluding diaryl/α,β-unsaturated/α-hetero) is 1. The van der Waals surface area contributed by atoms with Gasteiger partial charge in [0.2, 0.25) is 0 Å². The maximum atomic E-state index is 13.5. The summed E-state index contributed by atoms with van der Waals surface area (Å²) in [5.41, 5.74) is 1.18. The molecule has 0 radical (unpaired) electrons. The molecule has 1 aliphatic heterocycles. The Hall–Kier alpha value is -2.58. The molecule has 0 bridgehead atoms. The standard InChI is InChI=1S/C29H37ClF3N3O2/c1-3-6-21(2)35-15-13-26(14-16-35)36(20-23-8-4-7-22(17-23)11-12-27(37)19-30)28(38)34-25-10-5-9-24(18-25)29(31,32)33/h4-5,7-10,17-18,21,26H,3,6,11-16,19-20H2,1-2H3,(H,34,38). The van der Waals surface area contributed by atoms with Crippen LogP contribution in [0.3, 0.4) is 0 Å². The van der Waals surface area contributed by atoms with E-state index in [9.17, 15) is 22.8 Å². The van der Waals surface area contributed by atoms with Gasteiger partial charge in [0.25, 0.3) is 0 Å². The summed E-state index contributed by atoms with van der Waals surface area (Å²) in [6.07, 6.45) is 0.211. The van der Waals surface area contributed by atoms with Gasteiger partial charge in [-0.3, -0.25) is 4.79 Å². The average Bonchev–Trinajstić information content (AvgIpc) is 2.90. The average molecular weight is 552 g/mol. The van der Waals surface area contributed by atoms with E-state index in [0.29, 0.717) is 25.4 Å². The second kappa shape index (κ2) is 14.0. The number of hydrogen-bond acceptors (Lipinski definition) is 3. The Balaban J connectivity index is 1.78. The van der Waals surface area contributed by atoms with Crippen LogP contribution in [0.25, 0.3) is 0 Å². The number of alkyl halides is 4. The number of halogens is 4. The zero-order chi connectivity index (χ0) is 27.7. The molecule has 2 aromatic rings. The number of ketones is 1. The van der Waals surface area contributed by atoms with Crippen molar-refractivity contribution in [3.63, 3.8) is 0 Å². The van der Waals surface area contributed by atoms with Crippen molar-refractivity contribution in [2.75, 3.05) is 24.3 Å². The molecular formula is C29H37ClF3N3O2. The number of hydrogen-bond donors (Lipinski definition) is 1. The zero-order valence-corrected chi connectivity index (χ0v) is 22.8. The van der Waals surface area contributed by atoms with Crippen LogP contribution in [0.1, 0.15) is 62.6 Å². The summed E-state index contributed by atoms with van der Waals surface area (Å²) in [7, 11) is 0. The Labute approximate surface area is 228 Å². The lowest BCUT2D eigenvalue weighted by molar-refractivity contribution is -0.137. The van der Waals surface area contributed by atoms with Gasteiger partial charge in [-0.1, -0.05) is 43.7 Å². The lowest BCUT2D eigenvalue weighted by Crippen LogP contribution is -2.50. The Morgan fingerprint density at radius 2 is 1.79 bits per heavy atom. The molecule has 1 aliphatic rings. The summed E-state index contributed by atoms with van der Waals surface area (Å²) in [4.78, 5) is 29.3. The number of likely N-dealkylation sites (tertiary alicyclic amines) is 1. The highest BCUT2D eigenvalue weighted by Gasteiger charge is 2.32. The number of benzene rings is 2. The maximum absolute atomic E-state index is 13.5. The molecule has 38 heavy (non-hydrogen) atoms. The topological polar surface area (TPSA) is 52.7 Å². The molecule has 0 aliphatic carbocycles. The molecule has 9 heteroatoms. The number of piperidine rings is 1. The summed E-state index contributed by atoms with van der Waals surface area (Å²) < 4.78 is 39.6. The second-order valence-corrected chi connectivity index (χ2v) is 10.3. The summed E-state index contributed by atoms with van der Waals surface area (Å²) in [5, 5.41) is 2.70. The molecule has 1 heterocycles. The molecule has 0 saturated carbocycles. The van der Waals surface area contributed by atoms with Gasteiger partial charge >= 0.3 is 12.2 Å². The molecule has 1 saturated heterocycles. The Kier molecular flexibility index (Phi) is 11.0. The number of aryl methyl sites for hydroxylation is 1. The van der Waals surface area contributed by atoms with Gasteiger partial charge < -0.3 is 15.1 Å². The molecule has 1 unspecified atom stereocenters. The summed E-state index contributed by atoms with van der Waals surface area (Å²) in [5.74, 6) is -0.0399. The molecule has 0 aromatic heterocycles. The van der Waals surface area contributed by atoms with Crippen molar-refractivity contribution in [3.8, 4) is 0 Å². The van der Waals surface area contributed by atoms with E-state index in [0.717, 1.165) is 62.0 Å². The number of nitrogens with zero attached hydrogens (tertiary/aromatic N) is 2. The van der Waals surface area contributed by atoms with Gasteiger partial charge in [0.1, 0.15) is 5.78 Å². The fourth-order valence-corrected chi connectivity index (χ4v) is 5.14. The van der Waals surface area contributed by atoms with E-state index in [4.69, 9.17) is 11.6 Å². The molecule has 0 spiro atoms. The fraction of sp³-hybridized carbons (Fsp3) is 0.517. The van der Waals surface area contributed by atoms with Gasteiger partial charge in [-0.2, -0.15) is 13.2 Å². The first-order chi connectivity index (χ1) is 18.1. The number of carbonyl (C=O) groups excluding carboxylic acids is 2. The molecule has 2 amide bonds. The third-order valence-electron chi connectivity index (χ3n) is 7.16. The van der Waals surface area contributed by atoms with E-state index in [2.05, 4.69) is 24.1 Å². The predicted molar refractivity (Wildman–Crippen MR) is 145 cm³/mol. The van der Waals surface area contributed by atoms with Crippen LogP contribution in [0.5, 0.6) is 0 Å². The summed E-state index contributed by atoms with van der Waals surface area (Å²) in [6, 6.07) is 12.4. The van der Waals surface area contributed by atoms with Crippen LogP contribution in [0, 0.1) is 0 Å². The van der Waals surface area contributed by atoms with Crippen LogP contribution >= 0.6 is 11.6 Å². The number of nitrogens with one attached hydrogen (secondary N) is 1. The van der Waals surface area contributed by atoms with Gasteiger partial charge in [0, 0.05) is 43.8 Å². The van der Waals surface area contributed by atoms with E-state index in [1.807, 2.05) is 24.3 Å². The second-order valence-electron chi connectivity index (χ2n) is 10.0. The molecule has 1 N–H and O–H groups in total. The molecule has 208 valence electrons. The SMILES string of the molecule is CCCC(C)N1CCC(N(Cc2cccc(CCC(=O)CCl)c2)C(=O)Nc2cccc(C(F)(F)F)c2)CC1. The molecule has 3 rings (SSSR count). The van der Waals surface area contributed by atoms with Crippen molar-refractivity contribution in [2.45, 2.75) is 77.2 Å². The fourth-order valence-electron chi connectivity index (χ4n) is 5.00. The minimum absolute atomic E-state index is 0.0151. The van der Waals surface area contributed by atoms with E-state index < -0.39 is 17.8 Å². The van der Waals surface area contributed by atoms with Crippen LogP contribution in [0.15, 0.2) is 48.5 Å². The third-order valence-corrected chi connectivity index (χ3v) is 7.46. The van der Waals surface area contributed by atoms with Crippen LogP contribution in [-0.4, -0.2) is 52.7 Å². The highest BCUT2D eigenvalue weighted by Crippen LogP contribution is 2.31. The van der Waals surface area contributed by atoms with Crippen molar-refractivity contribution < 1.29 is 22.8 Å². The van der Waals surface area contributed by atoms with Gasteiger partial charge in [-0.25, -0.2) is 4.79 Å². The van der Waals surface area contributed by atoms with E-state index in [1.165, 1.54) is 12.1 Å². The molecule has 5 nitrogen and oxygen atoms in total. The van der Waals surface area contributed by atoms with Crippen molar-refractivity contribution in [2.24, 2.45) is 0 Å². The zero-order valence-electron chi connectivity index (χ0n) is 22.1. The Morgan fingerprint density at radius 1 is 1.11 bits per heavy atom. The van der Waals surface area contributed by atoms with Crippen LogP contribution in [0.4, 0.5) is 23.7 Å². The van der Waals surface area contributed by atoms with Gasteiger partial charge in [0.15, 0.2) is 0 Å². The Bertz CT molecular complexity index is 1070. The highest BCUT2D eigenvalue weighted by atomic mass is 35.5. The number of rotatable bonds is 11. The van der Waals surface area contributed by atoms with E-state index >= 15 is 0 Å². The first-order valence-corrected chi connectivity index (χ1v) is 13.8. The normalized spacial score (nSPS) is 15.7. The lowest BCUT2D eigenvalue weighted by atomic mass is 9.99. The van der Waals surface area contributed by atoms with Crippen LogP contribution in [-0.2, 0) is 23.9 Å². The smallest absolute Gasteiger partial charge is 0.317 e. The molecular weight excluding hydrogens is 515 g/mol. The van der Waals surface area contributed by atoms with Crippen LogP contribution < -0.4 is 5.32 Å². The monoisotopic (exact) mass is 551 g/mol. The van der Waals surface area contributed by atoms with Crippen LogP contribution in [0.2, 0.25) is 0 Å². The lowest BCUT2D eigenvalue weighted by Gasteiger charge is -2.40. The number of anilines is 1. The van der Waals surface area contributed by atoms with Crippen molar-refractivity contribution >= 4 is 29.1 Å².